The summed E-state index contributed by atoms with van der Waals surface area (Å²) in [6.45, 7) is 8.86. The van der Waals surface area contributed by atoms with E-state index in [1.807, 2.05) is 38.1 Å². The molecular weight excluding hydrogens is 344 g/mol. The third kappa shape index (κ3) is 2.99. The van der Waals surface area contributed by atoms with Crippen molar-refractivity contribution in [1.82, 2.24) is 14.9 Å². The molecule has 0 saturated carbocycles. The van der Waals surface area contributed by atoms with Crippen molar-refractivity contribution in [3.05, 3.63) is 51.7 Å². The summed E-state index contributed by atoms with van der Waals surface area (Å²) in [4.78, 5) is 26.0. The zero-order valence-electron chi connectivity index (χ0n) is 15.3. The lowest BCUT2D eigenvalue weighted by atomic mass is 9.95. The quantitative estimate of drug-likeness (QED) is 0.763. The number of carbonyl (C=O) groups excluding carboxylic acids is 1. The molecule has 1 N–H and O–H groups in total. The number of carbonyl (C=O) groups is 1. The largest absolute Gasteiger partial charge is 0.299 e. The van der Waals surface area contributed by atoms with Gasteiger partial charge in [-0.05, 0) is 26.5 Å². The Labute approximate surface area is 157 Å². The number of para-hydroxylation sites is 1. The van der Waals surface area contributed by atoms with E-state index in [2.05, 4.69) is 22.1 Å². The van der Waals surface area contributed by atoms with E-state index < -0.39 is 0 Å². The van der Waals surface area contributed by atoms with Gasteiger partial charge in [0.2, 0.25) is 0 Å². The molecule has 4 rings (SSSR count). The first-order valence-electron chi connectivity index (χ1n) is 8.95. The number of fused-ring (bicyclic) bond motifs is 2. The van der Waals surface area contributed by atoms with Gasteiger partial charge in [-0.3, -0.25) is 20.0 Å². The Balaban J connectivity index is 1.82. The first-order chi connectivity index (χ1) is 12.6. The molecule has 0 bridgehead atoms. The second kappa shape index (κ2) is 6.78. The third-order valence-corrected chi connectivity index (χ3v) is 6.04. The van der Waals surface area contributed by atoms with Crippen LogP contribution in [0.4, 0.5) is 5.13 Å². The summed E-state index contributed by atoms with van der Waals surface area (Å²) in [7, 11) is 0. The summed E-state index contributed by atoms with van der Waals surface area (Å²) in [5.74, 6) is -0.0912. The Hall–Kier alpha value is -2.31. The first kappa shape index (κ1) is 17.1. The van der Waals surface area contributed by atoms with Gasteiger partial charge in [0.15, 0.2) is 5.13 Å². The highest BCUT2D eigenvalue weighted by Gasteiger charge is 2.25. The zero-order valence-corrected chi connectivity index (χ0v) is 16.1. The maximum atomic E-state index is 13.2. The van der Waals surface area contributed by atoms with Gasteiger partial charge in [0.1, 0.15) is 0 Å². The van der Waals surface area contributed by atoms with Gasteiger partial charge in [0.25, 0.3) is 5.91 Å². The maximum absolute atomic E-state index is 13.2. The molecule has 0 aliphatic carbocycles. The van der Waals surface area contributed by atoms with Gasteiger partial charge in [-0.2, -0.15) is 0 Å². The lowest BCUT2D eigenvalue weighted by Crippen LogP contribution is -2.33. The SMILES string of the molecule is CCN1CCc2nc3ccccc3c(C(=O)Nc3nc(C)c(C)s3)c2C1. The van der Waals surface area contributed by atoms with E-state index in [1.165, 1.54) is 11.3 Å². The van der Waals surface area contributed by atoms with Crippen LogP contribution in [-0.4, -0.2) is 33.9 Å². The van der Waals surface area contributed by atoms with E-state index in [0.717, 1.165) is 64.3 Å². The lowest BCUT2D eigenvalue weighted by Gasteiger charge is -2.29. The maximum Gasteiger partial charge on any atom is 0.258 e. The predicted octanol–water partition coefficient (Wildman–Crippen LogP) is 3.94. The second-order valence-corrected chi connectivity index (χ2v) is 7.87. The molecule has 1 aliphatic rings. The van der Waals surface area contributed by atoms with Crippen LogP contribution < -0.4 is 5.32 Å². The van der Waals surface area contributed by atoms with Crippen molar-refractivity contribution in [2.24, 2.45) is 0 Å². The molecule has 26 heavy (non-hydrogen) atoms. The highest BCUT2D eigenvalue weighted by molar-refractivity contribution is 7.15. The average molecular weight is 366 g/mol. The minimum Gasteiger partial charge on any atom is -0.299 e. The number of nitrogens with zero attached hydrogens (tertiary/aromatic N) is 3. The third-order valence-electron chi connectivity index (χ3n) is 5.05. The van der Waals surface area contributed by atoms with E-state index in [9.17, 15) is 4.79 Å². The van der Waals surface area contributed by atoms with Crippen molar-refractivity contribution < 1.29 is 4.79 Å². The number of hydrogen-bond donors (Lipinski definition) is 1. The molecule has 0 atom stereocenters. The molecule has 2 aromatic heterocycles. The Bertz CT molecular complexity index is 975. The molecule has 3 aromatic rings. The molecule has 5 nitrogen and oxygen atoms in total. The molecule has 6 heteroatoms. The molecule has 3 heterocycles. The van der Waals surface area contributed by atoms with Crippen LogP contribution in [0.15, 0.2) is 24.3 Å². The monoisotopic (exact) mass is 366 g/mol. The number of hydrogen-bond acceptors (Lipinski definition) is 5. The Morgan fingerprint density at radius 1 is 1.27 bits per heavy atom. The van der Waals surface area contributed by atoms with E-state index in [0.29, 0.717) is 5.13 Å². The molecule has 134 valence electrons. The molecule has 1 aromatic carbocycles. The van der Waals surface area contributed by atoms with Crippen LogP contribution in [0.3, 0.4) is 0 Å². The first-order valence-corrected chi connectivity index (χ1v) is 9.76. The van der Waals surface area contributed by atoms with Crippen molar-refractivity contribution >= 4 is 33.3 Å². The molecule has 0 unspecified atom stereocenters. The van der Waals surface area contributed by atoms with Gasteiger partial charge in [0, 0.05) is 41.0 Å². The highest BCUT2D eigenvalue weighted by atomic mass is 32.1. The van der Waals surface area contributed by atoms with E-state index >= 15 is 0 Å². The molecule has 1 amide bonds. The number of thiazole rings is 1. The summed E-state index contributed by atoms with van der Waals surface area (Å²) in [6, 6.07) is 7.90. The van der Waals surface area contributed by atoms with Crippen LogP contribution in [0, 0.1) is 13.8 Å². The van der Waals surface area contributed by atoms with Crippen molar-refractivity contribution in [2.45, 2.75) is 33.7 Å². The average Bonchev–Trinajstić information content (AvgIpc) is 2.96. The summed E-state index contributed by atoms with van der Waals surface area (Å²) < 4.78 is 0. The molecule has 0 spiro atoms. The van der Waals surface area contributed by atoms with Crippen molar-refractivity contribution in [3.8, 4) is 0 Å². The van der Waals surface area contributed by atoms with Crippen LogP contribution in [0.2, 0.25) is 0 Å². The van der Waals surface area contributed by atoms with Gasteiger partial charge >= 0.3 is 0 Å². The van der Waals surface area contributed by atoms with Gasteiger partial charge in [-0.25, -0.2) is 4.98 Å². The summed E-state index contributed by atoms with van der Waals surface area (Å²) >= 11 is 1.52. The zero-order chi connectivity index (χ0) is 18.3. The Morgan fingerprint density at radius 3 is 2.81 bits per heavy atom. The fourth-order valence-electron chi connectivity index (χ4n) is 3.46. The van der Waals surface area contributed by atoms with E-state index in [-0.39, 0.29) is 5.91 Å². The van der Waals surface area contributed by atoms with Crippen LogP contribution >= 0.6 is 11.3 Å². The van der Waals surface area contributed by atoms with Crippen molar-refractivity contribution in [3.63, 3.8) is 0 Å². The smallest absolute Gasteiger partial charge is 0.258 e. The summed E-state index contributed by atoms with van der Waals surface area (Å²) in [5.41, 5.74) is 4.69. The van der Waals surface area contributed by atoms with Gasteiger partial charge in [-0.1, -0.05) is 25.1 Å². The number of benzene rings is 1. The number of pyridine rings is 1. The number of amides is 1. The van der Waals surface area contributed by atoms with Crippen LogP contribution in [0.1, 0.15) is 39.1 Å². The minimum atomic E-state index is -0.0912. The van der Waals surface area contributed by atoms with Gasteiger partial charge in [-0.15, -0.1) is 11.3 Å². The number of nitrogens with one attached hydrogen (secondary N) is 1. The predicted molar refractivity (Wildman–Crippen MR) is 106 cm³/mol. The van der Waals surface area contributed by atoms with Gasteiger partial charge < -0.3 is 0 Å². The molecule has 0 saturated heterocycles. The molecular formula is C20H22N4OS. The normalized spacial score (nSPS) is 14.4. The molecule has 0 fully saturated rings. The molecule has 1 aliphatic heterocycles. The fourth-order valence-corrected chi connectivity index (χ4v) is 4.27. The van der Waals surface area contributed by atoms with Crippen molar-refractivity contribution in [1.29, 1.82) is 0 Å². The van der Waals surface area contributed by atoms with Crippen LogP contribution in [0.25, 0.3) is 10.9 Å². The Kier molecular flexibility index (Phi) is 4.46. The number of likely N-dealkylation sites (N-methyl/N-ethyl adjacent to an activating group) is 1. The second-order valence-electron chi connectivity index (χ2n) is 6.66. The fraction of sp³-hybridized carbons (Fsp3) is 0.350. The Morgan fingerprint density at radius 2 is 2.08 bits per heavy atom. The highest BCUT2D eigenvalue weighted by Crippen LogP contribution is 2.29. The number of aromatic nitrogens is 2. The van der Waals surface area contributed by atoms with E-state index in [4.69, 9.17) is 4.98 Å². The van der Waals surface area contributed by atoms with Crippen molar-refractivity contribution in [2.75, 3.05) is 18.4 Å². The minimum absolute atomic E-state index is 0.0912. The topological polar surface area (TPSA) is 58.1 Å². The number of aryl methyl sites for hydroxylation is 2. The van der Waals surface area contributed by atoms with Gasteiger partial charge in [0.05, 0.1) is 16.8 Å². The number of rotatable bonds is 3. The lowest BCUT2D eigenvalue weighted by molar-refractivity contribution is 0.102. The number of anilines is 1. The van der Waals surface area contributed by atoms with E-state index in [1.54, 1.807) is 0 Å². The molecule has 0 radical (unpaired) electrons. The van der Waals surface area contributed by atoms with Crippen LogP contribution in [0.5, 0.6) is 0 Å². The summed E-state index contributed by atoms with van der Waals surface area (Å²) in [6.07, 6.45) is 0.879. The van der Waals surface area contributed by atoms with Crippen LogP contribution in [-0.2, 0) is 13.0 Å². The summed E-state index contributed by atoms with van der Waals surface area (Å²) in [5, 5.41) is 4.58. The standard InChI is InChI=1S/C20H22N4OS/c1-4-24-10-9-17-15(11-24)18(14-7-5-6-8-16(14)22-17)19(25)23-20-21-12(2)13(3)26-20/h5-8H,4,9-11H2,1-3H3,(H,21,23,25).